The van der Waals surface area contributed by atoms with Gasteiger partial charge in [-0.1, -0.05) is 12.1 Å². The van der Waals surface area contributed by atoms with Gasteiger partial charge in [0.15, 0.2) is 0 Å². The second kappa shape index (κ2) is 6.22. The van der Waals surface area contributed by atoms with Crippen molar-refractivity contribution < 1.29 is 18.7 Å². The van der Waals surface area contributed by atoms with Gasteiger partial charge in [-0.15, -0.1) is 0 Å². The molecule has 6 nitrogen and oxygen atoms in total. The SMILES string of the molecule is O=C(O[C@@H]1CC2CCC1C2)[C@@H]1CCC(=O)N1c1cc(=O)oc2ccccc12. The number of amides is 1. The van der Waals surface area contributed by atoms with Gasteiger partial charge in [0, 0.05) is 17.9 Å². The largest absolute Gasteiger partial charge is 0.461 e. The summed E-state index contributed by atoms with van der Waals surface area (Å²) in [4.78, 5) is 38.9. The molecule has 1 aromatic heterocycles. The second-order valence-corrected chi connectivity index (χ2v) is 7.92. The molecule has 27 heavy (non-hydrogen) atoms. The molecule has 140 valence electrons. The molecule has 2 saturated carbocycles. The van der Waals surface area contributed by atoms with E-state index in [2.05, 4.69) is 0 Å². The summed E-state index contributed by atoms with van der Waals surface area (Å²) in [5.41, 5.74) is 0.294. The number of para-hydroxylation sites is 1. The first-order chi connectivity index (χ1) is 13.1. The van der Waals surface area contributed by atoms with Crippen molar-refractivity contribution in [1.82, 2.24) is 0 Å². The predicted molar refractivity (Wildman–Crippen MR) is 98.3 cm³/mol. The van der Waals surface area contributed by atoms with Crippen LogP contribution in [0, 0.1) is 11.8 Å². The van der Waals surface area contributed by atoms with Crippen LogP contribution >= 0.6 is 0 Å². The van der Waals surface area contributed by atoms with Crippen molar-refractivity contribution in [2.75, 3.05) is 4.90 Å². The molecule has 3 aliphatic rings. The van der Waals surface area contributed by atoms with Crippen LogP contribution in [0.2, 0.25) is 0 Å². The first-order valence-corrected chi connectivity index (χ1v) is 9.65. The number of hydrogen-bond donors (Lipinski definition) is 0. The molecule has 2 heterocycles. The fourth-order valence-electron chi connectivity index (χ4n) is 5.06. The van der Waals surface area contributed by atoms with Crippen molar-refractivity contribution in [2.24, 2.45) is 11.8 Å². The summed E-state index contributed by atoms with van der Waals surface area (Å²) < 4.78 is 11.1. The molecule has 2 bridgehead atoms. The third-order valence-corrected chi connectivity index (χ3v) is 6.31. The van der Waals surface area contributed by atoms with Crippen LogP contribution in [0.25, 0.3) is 11.0 Å². The van der Waals surface area contributed by atoms with E-state index in [0.29, 0.717) is 34.9 Å². The van der Waals surface area contributed by atoms with Crippen LogP contribution in [-0.2, 0) is 14.3 Å². The van der Waals surface area contributed by atoms with E-state index in [1.807, 2.05) is 6.07 Å². The zero-order chi connectivity index (χ0) is 18.5. The molecule has 2 aliphatic carbocycles. The quantitative estimate of drug-likeness (QED) is 0.616. The molecule has 1 aliphatic heterocycles. The minimum Gasteiger partial charge on any atom is -0.461 e. The molecule has 4 atom stereocenters. The molecule has 2 aromatic rings. The van der Waals surface area contributed by atoms with Crippen LogP contribution in [0.1, 0.15) is 38.5 Å². The Morgan fingerprint density at radius 2 is 1.96 bits per heavy atom. The lowest BCUT2D eigenvalue weighted by atomic mass is 9.97. The lowest BCUT2D eigenvalue weighted by molar-refractivity contribution is -0.153. The molecular weight excluding hydrogens is 346 g/mol. The molecule has 1 amide bonds. The Balaban J connectivity index is 1.47. The van der Waals surface area contributed by atoms with E-state index in [4.69, 9.17) is 9.15 Å². The van der Waals surface area contributed by atoms with E-state index in [9.17, 15) is 14.4 Å². The zero-order valence-electron chi connectivity index (χ0n) is 14.9. The minimum absolute atomic E-state index is 0.0219. The van der Waals surface area contributed by atoms with Gasteiger partial charge < -0.3 is 9.15 Å². The highest BCUT2D eigenvalue weighted by molar-refractivity contribution is 6.07. The summed E-state index contributed by atoms with van der Waals surface area (Å²) in [6.45, 7) is 0. The Hall–Kier alpha value is -2.63. The molecule has 1 aromatic carbocycles. The molecule has 0 radical (unpaired) electrons. The molecule has 2 unspecified atom stereocenters. The number of nitrogens with zero attached hydrogens (tertiary/aromatic N) is 1. The number of fused-ring (bicyclic) bond motifs is 3. The number of esters is 1. The van der Waals surface area contributed by atoms with E-state index in [1.54, 1.807) is 18.2 Å². The zero-order valence-corrected chi connectivity index (χ0v) is 14.9. The maximum Gasteiger partial charge on any atom is 0.338 e. The highest BCUT2D eigenvalue weighted by atomic mass is 16.5. The fourth-order valence-corrected chi connectivity index (χ4v) is 5.06. The Kier molecular flexibility index (Phi) is 3.81. The smallest absolute Gasteiger partial charge is 0.338 e. The Morgan fingerprint density at radius 1 is 1.11 bits per heavy atom. The topological polar surface area (TPSA) is 76.8 Å². The Bertz CT molecular complexity index is 980. The van der Waals surface area contributed by atoms with E-state index < -0.39 is 11.7 Å². The van der Waals surface area contributed by atoms with Gasteiger partial charge in [0.05, 0.1) is 5.69 Å². The summed E-state index contributed by atoms with van der Waals surface area (Å²) in [6, 6.07) is 7.67. The fraction of sp³-hybridized carbons (Fsp3) is 0.476. The molecule has 5 rings (SSSR count). The third-order valence-electron chi connectivity index (χ3n) is 6.31. The Morgan fingerprint density at radius 3 is 2.74 bits per heavy atom. The maximum atomic E-state index is 12.9. The molecule has 6 heteroatoms. The summed E-state index contributed by atoms with van der Waals surface area (Å²) in [5, 5.41) is 0.644. The standard InChI is InChI=1S/C21H21NO5/c23-19-8-7-15(21(25)27-18-10-12-5-6-13(18)9-12)22(19)16-11-20(24)26-17-4-2-1-3-14(16)17/h1-4,11-13,15,18H,5-10H2/t12?,13?,15-,18+/m0/s1. The first kappa shape index (κ1) is 16.5. The summed E-state index contributed by atoms with van der Waals surface area (Å²) in [6.07, 6.45) is 5.10. The lowest BCUT2D eigenvalue weighted by Gasteiger charge is -2.28. The molecule has 0 spiro atoms. The lowest BCUT2D eigenvalue weighted by Crippen LogP contribution is -2.42. The number of anilines is 1. The molecule has 0 N–H and O–H groups in total. The van der Waals surface area contributed by atoms with Crippen LogP contribution in [0.3, 0.4) is 0 Å². The van der Waals surface area contributed by atoms with Gasteiger partial charge in [-0.2, -0.15) is 0 Å². The van der Waals surface area contributed by atoms with Crippen LogP contribution < -0.4 is 10.5 Å². The Labute approximate surface area is 156 Å². The van der Waals surface area contributed by atoms with Crippen molar-refractivity contribution in [3.63, 3.8) is 0 Å². The molecule has 1 saturated heterocycles. The minimum atomic E-state index is -0.679. The van der Waals surface area contributed by atoms with Crippen molar-refractivity contribution in [2.45, 2.75) is 50.7 Å². The van der Waals surface area contributed by atoms with Gasteiger partial charge in [-0.3, -0.25) is 9.69 Å². The van der Waals surface area contributed by atoms with Crippen LogP contribution in [0.5, 0.6) is 0 Å². The van der Waals surface area contributed by atoms with E-state index in [-0.39, 0.29) is 24.4 Å². The highest BCUT2D eigenvalue weighted by Gasteiger charge is 2.45. The summed E-state index contributed by atoms with van der Waals surface area (Å²) >= 11 is 0. The highest BCUT2D eigenvalue weighted by Crippen LogP contribution is 2.46. The van der Waals surface area contributed by atoms with Crippen LogP contribution in [0.15, 0.2) is 39.5 Å². The van der Waals surface area contributed by atoms with Gasteiger partial charge in [-0.25, -0.2) is 9.59 Å². The number of carbonyl (C=O) groups is 2. The van der Waals surface area contributed by atoms with Gasteiger partial charge >= 0.3 is 11.6 Å². The monoisotopic (exact) mass is 367 g/mol. The van der Waals surface area contributed by atoms with E-state index in [0.717, 1.165) is 19.3 Å². The normalized spacial score (nSPS) is 29.6. The maximum absolute atomic E-state index is 12.9. The number of benzene rings is 1. The van der Waals surface area contributed by atoms with Gasteiger partial charge in [-0.05, 0) is 56.1 Å². The van der Waals surface area contributed by atoms with Gasteiger partial charge in [0.25, 0.3) is 0 Å². The first-order valence-electron chi connectivity index (χ1n) is 9.65. The van der Waals surface area contributed by atoms with Crippen molar-refractivity contribution >= 4 is 28.5 Å². The van der Waals surface area contributed by atoms with Gasteiger partial charge in [0.2, 0.25) is 5.91 Å². The van der Waals surface area contributed by atoms with Crippen molar-refractivity contribution in [1.29, 1.82) is 0 Å². The average Bonchev–Trinajstić information content (AvgIpc) is 3.36. The summed E-state index contributed by atoms with van der Waals surface area (Å²) in [5.74, 6) is 0.627. The number of rotatable bonds is 3. The van der Waals surface area contributed by atoms with Crippen LogP contribution in [0.4, 0.5) is 5.69 Å². The number of hydrogen-bond acceptors (Lipinski definition) is 5. The van der Waals surface area contributed by atoms with Gasteiger partial charge in [0.1, 0.15) is 17.7 Å². The third kappa shape index (κ3) is 2.74. The van der Waals surface area contributed by atoms with Crippen molar-refractivity contribution in [3.05, 3.63) is 40.8 Å². The predicted octanol–water partition coefficient (Wildman–Crippen LogP) is 3.02. The van der Waals surface area contributed by atoms with Crippen LogP contribution in [-0.4, -0.2) is 24.0 Å². The summed E-state index contributed by atoms with van der Waals surface area (Å²) in [7, 11) is 0. The average molecular weight is 367 g/mol. The van der Waals surface area contributed by atoms with E-state index in [1.165, 1.54) is 17.4 Å². The molecule has 3 fully saturated rings. The number of ether oxygens (including phenoxy) is 1. The van der Waals surface area contributed by atoms with Crippen molar-refractivity contribution in [3.8, 4) is 0 Å². The van der Waals surface area contributed by atoms with E-state index >= 15 is 0 Å². The molecular formula is C21H21NO5. The number of carbonyl (C=O) groups excluding carboxylic acids is 2. The second-order valence-electron chi connectivity index (χ2n) is 7.92.